The average Bonchev–Trinajstić information content (AvgIpc) is 2.51. The number of rotatable bonds is 3. The van der Waals surface area contributed by atoms with E-state index in [1.807, 2.05) is 31.2 Å². The van der Waals surface area contributed by atoms with Crippen LogP contribution in [0.4, 0.5) is 0 Å². The molecule has 0 radical (unpaired) electrons. The molecule has 0 amide bonds. The molecule has 3 N–H and O–H groups in total. The number of hydrogen-bond donors (Lipinski definition) is 3. The zero-order valence-electron chi connectivity index (χ0n) is 9.82. The maximum absolute atomic E-state index is 10.8. The highest BCUT2D eigenvalue weighted by Gasteiger charge is 2.31. The van der Waals surface area contributed by atoms with E-state index in [1.54, 1.807) is 0 Å². The number of aliphatic hydroxyl groups is 1. The van der Waals surface area contributed by atoms with E-state index in [4.69, 9.17) is 5.11 Å². The van der Waals surface area contributed by atoms with E-state index < -0.39 is 11.6 Å². The van der Waals surface area contributed by atoms with Crippen LogP contribution in [0.25, 0.3) is 10.9 Å². The van der Waals surface area contributed by atoms with Crippen LogP contribution in [-0.2, 0) is 10.4 Å². The fraction of sp³-hybridized carbons (Fsp3) is 0.308. The first-order chi connectivity index (χ1) is 7.92. The molecule has 0 fully saturated rings. The number of nitrogens with one attached hydrogen (secondary N) is 1. The van der Waals surface area contributed by atoms with E-state index in [2.05, 4.69) is 4.98 Å². The number of aromatic amines is 1. The number of carboxylic acids is 1. The first kappa shape index (κ1) is 11.7. The predicted molar refractivity (Wildman–Crippen MR) is 64.9 cm³/mol. The monoisotopic (exact) mass is 233 g/mol. The molecular weight excluding hydrogens is 218 g/mol. The van der Waals surface area contributed by atoms with Crippen molar-refractivity contribution >= 4 is 16.9 Å². The third-order valence-corrected chi connectivity index (χ3v) is 2.93. The van der Waals surface area contributed by atoms with Crippen molar-refractivity contribution in [3.8, 4) is 0 Å². The molecule has 2 rings (SSSR count). The highest BCUT2D eigenvalue weighted by molar-refractivity contribution is 5.86. The summed E-state index contributed by atoms with van der Waals surface area (Å²) in [5, 5.41) is 20.0. The molecule has 0 saturated carbocycles. The lowest BCUT2D eigenvalue weighted by Gasteiger charge is -2.22. The number of aliphatic carboxylic acids is 1. The number of H-pyrrole nitrogens is 1. The highest BCUT2D eigenvalue weighted by atomic mass is 16.4. The molecule has 0 aliphatic heterocycles. The van der Waals surface area contributed by atoms with Gasteiger partial charge in [-0.1, -0.05) is 18.2 Å². The molecule has 0 aliphatic rings. The van der Waals surface area contributed by atoms with Gasteiger partial charge in [0.15, 0.2) is 0 Å². The summed E-state index contributed by atoms with van der Waals surface area (Å²) in [4.78, 5) is 13.9. The third-order valence-electron chi connectivity index (χ3n) is 2.93. The average molecular weight is 233 g/mol. The number of benzene rings is 1. The van der Waals surface area contributed by atoms with Crippen LogP contribution < -0.4 is 0 Å². The van der Waals surface area contributed by atoms with E-state index >= 15 is 0 Å². The Bertz CT molecular complexity index is 569. The quantitative estimate of drug-likeness (QED) is 0.760. The van der Waals surface area contributed by atoms with Crippen molar-refractivity contribution in [1.82, 2.24) is 4.98 Å². The molecule has 1 heterocycles. The van der Waals surface area contributed by atoms with Crippen LogP contribution in [0.1, 0.15) is 24.6 Å². The van der Waals surface area contributed by atoms with Gasteiger partial charge < -0.3 is 15.2 Å². The molecular formula is C13H15NO3. The minimum Gasteiger partial charge on any atom is -0.481 e. The number of para-hydroxylation sites is 1. The molecule has 0 spiro atoms. The van der Waals surface area contributed by atoms with Crippen molar-refractivity contribution in [2.75, 3.05) is 0 Å². The Hall–Kier alpha value is -1.81. The summed E-state index contributed by atoms with van der Waals surface area (Å²) in [6.07, 6.45) is -0.310. The zero-order chi connectivity index (χ0) is 12.6. The molecule has 4 nitrogen and oxygen atoms in total. The van der Waals surface area contributed by atoms with Gasteiger partial charge in [0.25, 0.3) is 0 Å². The lowest BCUT2D eigenvalue weighted by atomic mass is 9.90. The molecule has 1 aromatic carbocycles. The molecule has 4 heteroatoms. The van der Waals surface area contributed by atoms with Crippen LogP contribution in [-0.4, -0.2) is 21.2 Å². The van der Waals surface area contributed by atoms with E-state index in [9.17, 15) is 9.90 Å². The first-order valence-electron chi connectivity index (χ1n) is 5.44. The second-order valence-electron chi connectivity index (χ2n) is 4.51. The van der Waals surface area contributed by atoms with Gasteiger partial charge in [-0.05, 0) is 19.9 Å². The van der Waals surface area contributed by atoms with Crippen LogP contribution in [0.2, 0.25) is 0 Å². The predicted octanol–water partition coefficient (Wildman–Crippen LogP) is 2.16. The maximum atomic E-state index is 10.8. The smallest absolute Gasteiger partial charge is 0.306 e. The van der Waals surface area contributed by atoms with Crippen molar-refractivity contribution in [1.29, 1.82) is 0 Å². The van der Waals surface area contributed by atoms with Crippen molar-refractivity contribution in [3.63, 3.8) is 0 Å². The fourth-order valence-corrected chi connectivity index (χ4v) is 2.35. The molecule has 1 atom stereocenters. The topological polar surface area (TPSA) is 73.3 Å². The Morgan fingerprint density at radius 2 is 2.06 bits per heavy atom. The molecule has 0 bridgehead atoms. The standard InChI is InChI=1S/C13H15NO3/c1-8-12(13(2,17)7-11(15)16)9-5-3-4-6-10(9)14-8/h3-6,14,17H,7H2,1-2H3,(H,15,16). The van der Waals surface area contributed by atoms with Crippen molar-refractivity contribution in [2.24, 2.45) is 0 Å². The number of fused-ring (bicyclic) bond motifs is 1. The summed E-state index contributed by atoms with van der Waals surface area (Å²) in [5.41, 5.74) is 1.01. The Morgan fingerprint density at radius 3 is 2.71 bits per heavy atom. The van der Waals surface area contributed by atoms with Gasteiger partial charge in [-0.25, -0.2) is 0 Å². The van der Waals surface area contributed by atoms with Gasteiger partial charge in [0.2, 0.25) is 0 Å². The van der Waals surface area contributed by atoms with E-state index in [0.29, 0.717) is 5.56 Å². The molecule has 90 valence electrons. The van der Waals surface area contributed by atoms with Gasteiger partial charge in [0.05, 0.1) is 12.0 Å². The van der Waals surface area contributed by atoms with E-state index in [-0.39, 0.29) is 6.42 Å². The van der Waals surface area contributed by atoms with Gasteiger partial charge in [-0.3, -0.25) is 4.79 Å². The summed E-state index contributed by atoms with van der Waals surface area (Å²) >= 11 is 0. The SMILES string of the molecule is Cc1[nH]c2ccccc2c1C(C)(O)CC(=O)O. The van der Waals surface area contributed by atoms with Crippen molar-refractivity contribution in [2.45, 2.75) is 25.9 Å². The summed E-state index contributed by atoms with van der Waals surface area (Å²) in [6.45, 7) is 3.37. The Balaban J connectivity index is 2.61. The van der Waals surface area contributed by atoms with Crippen molar-refractivity contribution < 1.29 is 15.0 Å². The summed E-state index contributed by atoms with van der Waals surface area (Å²) in [5.74, 6) is -1.01. The minimum absolute atomic E-state index is 0.310. The summed E-state index contributed by atoms with van der Waals surface area (Å²) in [7, 11) is 0. The molecule has 1 unspecified atom stereocenters. The highest BCUT2D eigenvalue weighted by Crippen LogP contribution is 2.33. The van der Waals surface area contributed by atoms with E-state index in [1.165, 1.54) is 6.92 Å². The van der Waals surface area contributed by atoms with Gasteiger partial charge >= 0.3 is 5.97 Å². The van der Waals surface area contributed by atoms with E-state index in [0.717, 1.165) is 16.6 Å². The number of carboxylic acid groups (broad SMARTS) is 1. The second kappa shape index (κ2) is 3.89. The zero-order valence-corrected chi connectivity index (χ0v) is 9.82. The second-order valence-corrected chi connectivity index (χ2v) is 4.51. The maximum Gasteiger partial charge on any atom is 0.306 e. The Kier molecular flexibility index (Phi) is 2.67. The van der Waals surface area contributed by atoms with Crippen LogP contribution in [0.5, 0.6) is 0 Å². The van der Waals surface area contributed by atoms with Crippen LogP contribution in [0.15, 0.2) is 24.3 Å². The van der Waals surface area contributed by atoms with Gasteiger partial charge in [-0.2, -0.15) is 0 Å². The number of aromatic nitrogens is 1. The Labute approximate surface area is 98.9 Å². The van der Waals surface area contributed by atoms with Crippen LogP contribution in [0.3, 0.4) is 0 Å². The lowest BCUT2D eigenvalue weighted by molar-refractivity contribution is -0.142. The first-order valence-corrected chi connectivity index (χ1v) is 5.44. The number of aryl methyl sites for hydroxylation is 1. The molecule has 0 aliphatic carbocycles. The molecule has 1 aromatic heterocycles. The molecule has 17 heavy (non-hydrogen) atoms. The minimum atomic E-state index is -1.37. The number of hydrogen-bond acceptors (Lipinski definition) is 2. The van der Waals surface area contributed by atoms with Gasteiger partial charge in [0.1, 0.15) is 0 Å². The number of carbonyl (C=O) groups is 1. The lowest BCUT2D eigenvalue weighted by Crippen LogP contribution is -2.25. The van der Waals surface area contributed by atoms with Crippen LogP contribution >= 0.6 is 0 Å². The molecule has 0 saturated heterocycles. The molecule has 2 aromatic rings. The third kappa shape index (κ3) is 2.03. The summed E-state index contributed by atoms with van der Waals surface area (Å²) < 4.78 is 0. The largest absolute Gasteiger partial charge is 0.481 e. The van der Waals surface area contributed by atoms with Crippen LogP contribution in [0, 0.1) is 6.92 Å². The van der Waals surface area contributed by atoms with Crippen molar-refractivity contribution in [3.05, 3.63) is 35.5 Å². The van der Waals surface area contributed by atoms with Gasteiger partial charge in [-0.15, -0.1) is 0 Å². The Morgan fingerprint density at radius 1 is 1.41 bits per heavy atom. The van der Waals surface area contributed by atoms with Gasteiger partial charge in [0, 0.05) is 22.2 Å². The summed E-state index contributed by atoms with van der Waals surface area (Å²) in [6, 6.07) is 7.55. The fourth-order valence-electron chi connectivity index (χ4n) is 2.35. The normalized spacial score (nSPS) is 14.8.